The molecule has 5 unspecified atom stereocenters. The lowest BCUT2D eigenvalue weighted by atomic mass is 9.73. The van der Waals surface area contributed by atoms with Crippen LogP contribution in [0, 0.1) is 29.6 Å². The first-order chi connectivity index (χ1) is 20.1. The molecule has 0 radical (unpaired) electrons. The zero-order valence-corrected chi connectivity index (χ0v) is 27.7. The Labute approximate surface area is 258 Å². The number of nitrogens with zero attached hydrogens (tertiary/aromatic N) is 2. The third kappa shape index (κ3) is 12.6. The molecule has 0 bridgehead atoms. The number of nitrogens with two attached hydrogens (primary N) is 1. The summed E-state index contributed by atoms with van der Waals surface area (Å²) in [5, 5.41) is 25.6. The first-order valence-corrected chi connectivity index (χ1v) is 17.8. The van der Waals surface area contributed by atoms with Gasteiger partial charge in [0.2, 0.25) is 27.7 Å². The van der Waals surface area contributed by atoms with Gasteiger partial charge in [0.1, 0.15) is 0 Å². The molecule has 250 valence electrons. The molecule has 0 heterocycles. The summed E-state index contributed by atoms with van der Waals surface area (Å²) < 4.78 is 24.9. The van der Waals surface area contributed by atoms with Crippen molar-refractivity contribution in [2.75, 3.05) is 32.4 Å². The number of hydrogen-bond donors (Lipinski definition) is 5. The van der Waals surface area contributed by atoms with Gasteiger partial charge >= 0.3 is 0 Å². The van der Waals surface area contributed by atoms with Gasteiger partial charge in [-0.05, 0) is 76.0 Å². The molecule has 43 heavy (non-hydrogen) atoms. The van der Waals surface area contributed by atoms with Gasteiger partial charge in [0, 0.05) is 44.4 Å². The molecule has 0 aromatic heterocycles. The van der Waals surface area contributed by atoms with E-state index >= 15 is 0 Å². The van der Waals surface area contributed by atoms with Gasteiger partial charge < -0.3 is 26.2 Å². The van der Waals surface area contributed by atoms with Crippen LogP contribution in [-0.2, 0) is 24.4 Å². The van der Waals surface area contributed by atoms with E-state index in [4.69, 9.17) is 5.73 Å². The predicted octanol–water partition coefficient (Wildman–Crippen LogP) is 1.36. The van der Waals surface area contributed by atoms with Crippen molar-refractivity contribution >= 4 is 27.7 Å². The maximum atomic E-state index is 13.7. The second-order valence-electron chi connectivity index (χ2n) is 13.3. The maximum Gasteiger partial charge on any atom is 0.225 e. The average molecular weight is 632 g/mol. The fourth-order valence-corrected chi connectivity index (χ4v) is 8.11. The minimum atomic E-state index is -3.60. The fourth-order valence-electron chi connectivity index (χ4n) is 6.61. The number of rotatable bonds is 17. The van der Waals surface area contributed by atoms with Gasteiger partial charge in [-0.25, -0.2) is 13.4 Å². The highest BCUT2D eigenvalue weighted by molar-refractivity contribution is 7.89. The molecule has 3 amide bonds. The summed E-state index contributed by atoms with van der Waals surface area (Å²) in [6.07, 6.45) is 4.29. The molecule has 2 rings (SSSR count). The normalized spacial score (nSPS) is 26.2. The van der Waals surface area contributed by atoms with Crippen LogP contribution in [0.1, 0.15) is 91.9 Å². The number of carbonyl (C=O) groups is 3. The van der Waals surface area contributed by atoms with E-state index < -0.39 is 45.8 Å². The maximum absolute atomic E-state index is 13.7. The average Bonchev–Trinajstić information content (AvgIpc) is 2.91. The van der Waals surface area contributed by atoms with E-state index in [9.17, 15) is 33.0 Å². The van der Waals surface area contributed by atoms with Crippen LogP contribution in [0.15, 0.2) is 0 Å². The van der Waals surface area contributed by atoms with Crippen molar-refractivity contribution in [1.82, 2.24) is 20.1 Å². The van der Waals surface area contributed by atoms with Crippen molar-refractivity contribution in [3.63, 3.8) is 0 Å². The lowest BCUT2D eigenvalue weighted by Crippen LogP contribution is -2.54. The topological polar surface area (TPSA) is 182 Å². The summed E-state index contributed by atoms with van der Waals surface area (Å²) in [4.78, 5) is 43.8. The summed E-state index contributed by atoms with van der Waals surface area (Å²) in [6.45, 7) is 8.78. The lowest BCUT2D eigenvalue weighted by Gasteiger charge is -2.37. The molecule has 2 fully saturated rings. The van der Waals surface area contributed by atoms with E-state index in [1.54, 1.807) is 13.8 Å². The zero-order chi connectivity index (χ0) is 32.3. The lowest BCUT2D eigenvalue weighted by molar-refractivity contribution is -0.141. The molecule has 5 atom stereocenters. The third-order valence-electron chi connectivity index (χ3n) is 8.63. The Morgan fingerprint density at radius 1 is 0.953 bits per heavy atom. The van der Waals surface area contributed by atoms with Gasteiger partial charge in [0.25, 0.3) is 0 Å². The van der Waals surface area contributed by atoms with Crippen molar-refractivity contribution in [3.8, 4) is 0 Å². The molecule has 0 saturated heterocycles. The Bertz CT molecular complexity index is 997. The van der Waals surface area contributed by atoms with E-state index in [-0.39, 0.29) is 48.5 Å². The smallest absolute Gasteiger partial charge is 0.225 e. The molecular formula is C30H57N5O7S. The number of sulfonamides is 1. The van der Waals surface area contributed by atoms with Gasteiger partial charge in [-0.3, -0.25) is 14.4 Å². The molecule has 6 N–H and O–H groups in total. The van der Waals surface area contributed by atoms with Crippen molar-refractivity contribution < 1.29 is 33.0 Å². The number of primary amides is 1. The summed E-state index contributed by atoms with van der Waals surface area (Å²) >= 11 is 0. The Morgan fingerprint density at radius 2 is 1.51 bits per heavy atom. The standard InChI is InChI=1S/C30H57N5O7S/c1-6-12-35(13-7-2)30(40)24-16-22(28(31)38)15-23(17-24)29(39)32-26(14-21-8-10-25(36)11-9-21)27(37)18-34(5)33-43(41,42)19-20(3)4/h20-27,33,36-37H,6-19H2,1-5H3,(H2,31,38)(H,32,39). The molecule has 2 saturated carbocycles. The van der Waals surface area contributed by atoms with Gasteiger partial charge in [-0.1, -0.05) is 27.7 Å². The van der Waals surface area contributed by atoms with E-state index in [2.05, 4.69) is 10.1 Å². The van der Waals surface area contributed by atoms with Crippen molar-refractivity contribution in [2.45, 2.75) is 110 Å². The molecule has 12 nitrogen and oxygen atoms in total. The number of nitrogens with one attached hydrogen (secondary N) is 2. The van der Waals surface area contributed by atoms with Crippen LogP contribution in [0.2, 0.25) is 0 Å². The Kier molecular flexibility index (Phi) is 15.3. The highest BCUT2D eigenvalue weighted by Crippen LogP contribution is 2.35. The largest absolute Gasteiger partial charge is 0.393 e. The van der Waals surface area contributed by atoms with Crippen LogP contribution in [0.5, 0.6) is 0 Å². The number of aliphatic hydroxyl groups excluding tert-OH is 2. The van der Waals surface area contributed by atoms with Crippen LogP contribution in [0.25, 0.3) is 0 Å². The van der Waals surface area contributed by atoms with Crippen LogP contribution in [-0.4, -0.2) is 96.9 Å². The van der Waals surface area contributed by atoms with Crippen LogP contribution in [0.3, 0.4) is 0 Å². The number of amides is 3. The summed E-state index contributed by atoms with van der Waals surface area (Å²) in [5.74, 6) is -2.62. The molecule has 2 aliphatic rings. The summed E-state index contributed by atoms with van der Waals surface area (Å²) in [5.41, 5.74) is 5.69. The number of likely N-dealkylation sites (N-methyl/N-ethyl adjacent to an activating group) is 1. The monoisotopic (exact) mass is 631 g/mol. The Morgan fingerprint density at radius 3 is 2.05 bits per heavy atom. The Hall–Kier alpha value is -1.80. The minimum Gasteiger partial charge on any atom is -0.393 e. The number of aliphatic hydroxyl groups is 2. The SMILES string of the molecule is CCCN(CCC)C(=O)C1CC(C(N)=O)CC(C(=O)NC(CC2CCC(O)CC2)C(O)CN(C)NS(=O)(=O)CC(C)C)C1. The van der Waals surface area contributed by atoms with Crippen molar-refractivity contribution in [1.29, 1.82) is 0 Å². The molecule has 0 aliphatic heterocycles. The molecule has 0 aromatic carbocycles. The quantitative estimate of drug-likeness (QED) is 0.149. The van der Waals surface area contributed by atoms with Crippen LogP contribution in [0.4, 0.5) is 0 Å². The van der Waals surface area contributed by atoms with Crippen LogP contribution < -0.4 is 15.9 Å². The second-order valence-corrected chi connectivity index (χ2v) is 15.0. The van der Waals surface area contributed by atoms with E-state index in [0.29, 0.717) is 45.2 Å². The highest BCUT2D eigenvalue weighted by Gasteiger charge is 2.40. The molecular weight excluding hydrogens is 574 g/mol. The second kappa shape index (κ2) is 17.6. The van der Waals surface area contributed by atoms with Gasteiger partial charge in [0.05, 0.1) is 24.0 Å². The minimum absolute atomic E-state index is 0.0555. The van der Waals surface area contributed by atoms with Crippen molar-refractivity contribution in [3.05, 3.63) is 0 Å². The van der Waals surface area contributed by atoms with Crippen molar-refractivity contribution in [2.24, 2.45) is 35.3 Å². The molecule has 0 aromatic rings. The number of hydrogen-bond acceptors (Lipinski definition) is 8. The van der Waals surface area contributed by atoms with Gasteiger partial charge in [0.15, 0.2) is 0 Å². The molecule has 13 heteroatoms. The zero-order valence-electron chi connectivity index (χ0n) is 26.8. The van der Waals surface area contributed by atoms with E-state index in [1.807, 2.05) is 18.7 Å². The van der Waals surface area contributed by atoms with Gasteiger partial charge in [-0.15, -0.1) is 4.83 Å². The third-order valence-corrected chi connectivity index (χ3v) is 10.3. The first kappa shape index (κ1) is 37.4. The number of carbonyl (C=O) groups excluding carboxylic acids is 3. The molecule has 2 aliphatic carbocycles. The van der Waals surface area contributed by atoms with Gasteiger partial charge in [-0.2, -0.15) is 0 Å². The van der Waals surface area contributed by atoms with E-state index in [0.717, 1.165) is 25.7 Å². The van der Waals surface area contributed by atoms with E-state index in [1.165, 1.54) is 12.1 Å². The first-order valence-electron chi connectivity index (χ1n) is 16.1. The predicted molar refractivity (Wildman–Crippen MR) is 166 cm³/mol. The van der Waals surface area contributed by atoms with Crippen LogP contribution >= 0.6 is 0 Å². The number of hydrazine groups is 1. The summed E-state index contributed by atoms with van der Waals surface area (Å²) in [7, 11) is -2.07. The Balaban J connectivity index is 2.20. The summed E-state index contributed by atoms with van der Waals surface area (Å²) in [6, 6.07) is -0.690. The molecule has 0 spiro atoms. The fraction of sp³-hybridized carbons (Fsp3) is 0.900. The highest BCUT2D eigenvalue weighted by atomic mass is 32.2.